The first kappa shape index (κ1) is 15.9. The molecule has 0 spiro atoms. The topological polar surface area (TPSA) is 21.7 Å². The molecule has 0 bridgehead atoms. The number of imidazole rings is 2. The van der Waals surface area contributed by atoms with E-state index in [0.717, 1.165) is 16.8 Å². The molecule has 0 unspecified atom stereocenters. The van der Waals surface area contributed by atoms with Crippen molar-refractivity contribution in [1.29, 1.82) is 0 Å². The average molecular weight is 397 g/mol. The van der Waals surface area contributed by atoms with E-state index in [0.29, 0.717) is 0 Å². The maximum atomic E-state index is 5.10. The number of hydrogen-bond donors (Lipinski definition) is 0. The van der Waals surface area contributed by atoms with Crippen LogP contribution in [-0.2, 0) is 5.41 Å². The summed E-state index contributed by atoms with van der Waals surface area (Å²) in [7, 11) is 0. The molecule has 0 amide bonds. The van der Waals surface area contributed by atoms with Crippen LogP contribution in [0, 0.1) is 0 Å². The largest absolute Gasteiger partial charge is 0.276 e. The molecule has 8 rings (SSSR count). The van der Waals surface area contributed by atoms with Crippen LogP contribution in [0.1, 0.15) is 25.0 Å². The third-order valence-electron chi connectivity index (χ3n) is 7.46. The Kier molecular flexibility index (Phi) is 2.51. The average Bonchev–Trinajstić information content (AvgIpc) is 3.48. The smallest absolute Gasteiger partial charge is 0.220 e. The van der Waals surface area contributed by atoms with Crippen molar-refractivity contribution in [3.63, 3.8) is 0 Å². The van der Waals surface area contributed by atoms with E-state index >= 15 is 0 Å². The highest BCUT2D eigenvalue weighted by Crippen LogP contribution is 2.52. The Hall–Kier alpha value is -3.85. The number of nitrogens with zero attached hydrogens (tertiary/aromatic N) is 3. The molecule has 7 aromatic rings. The first-order valence-corrected chi connectivity index (χ1v) is 10.8. The zero-order chi connectivity index (χ0) is 20.5. The summed E-state index contributed by atoms with van der Waals surface area (Å²) in [5, 5.41) is 2.61. The number of para-hydroxylation sites is 3. The van der Waals surface area contributed by atoms with Crippen molar-refractivity contribution in [2.75, 3.05) is 0 Å². The van der Waals surface area contributed by atoms with E-state index < -0.39 is 0 Å². The van der Waals surface area contributed by atoms with E-state index in [4.69, 9.17) is 4.98 Å². The van der Waals surface area contributed by atoms with Gasteiger partial charge in [0, 0.05) is 21.8 Å². The van der Waals surface area contributed by atoms with Crippen molar-refractivity contribution >= 4 is 44.1 Å². The molecule has 146 valence electrons. The van der Waals surface area contributed by atoms with E-state index in [2.05, 4.69) is 102 Å². The van der Waals surface area contributed by atoms with Gasteiger partial charge in [0.1, 0.15) is 0 Å². The van der Waals surface area contributed by atoms with Gasteiger partial charge in [-0.05, 0) is 34.9 Å². The highest BCUT2D eigenvalue weighted by molar-refractivity contribution is 6.20. The van der Waals surface area contributed by atoms with Crippen molar-refractivity contribution in [1.82, 2.24) is 13.8 Å². The van der Waals surface area contributed by atoms with Gasteiger partial charge in [0.05, 0.1) is 27.6 Å². The predicted molar refractivity (Wildman–Crippen MR) is 127 cm³/mol. The fourth-order valence-electron chi connectivity index (χ4n) is 6.10. The van der Waals surface area contributed by atoms with Crippen molar-refractivity contribution in [2.45, 2.75) is 19.3 Å². The summed E-state index contributed by atoms with van der Waals surface area (Å²) >= 11 is 0. The first-order chi connectivity index (χ1) is 15.2. The predicted octanol–water partition coefficient (Wildman–Crippen LogP) is 6.79. The minimum absolute atomic E-state index is 0.0155. The molecule has 0 aliphatic heterocycles. The van der Waals surface area contributed by atoms with Gasteiger partial charge in [-0.15, -0.1) is 0 Å². The fraction of sp³-hybridized carbons (Fsp3) is 0.107. The van der Waals surface area contributed by atoms with Crippen LogP contribution in [0.3, 0.4) is 0 Å². The van der Waals surface area contributed by atoms with Crippen molar-refractivity contribution in [3.05, 3.63) is 90.0 Å². The molecule has 0 saturated heterocycles. The highest BCUT2D eigenvalue weighted by Gasteiger charge is 2.37. The lowest BCUT2D eigenvalue weighted by molar-refractivity contribution is 0.661. The van der Waals surface area contributed by atoms with Crippen LogP contribution < -0.4 is 0 Å². The number of aromatic nitrogens is 3. The number of fused-ring (bicyclic) bond motifs is 12. The molecule has 3 heterocycles. The molecule has 1 aliphatic rings. The summed E-state index contributed by atoms with van der Waals surface area (Å²) in [5.41, 5.74) is 11.5. The van der Waals surface area contributed by atoms with Crippen molar-refractivity contribution in [2.24, 2.45) is 0 Å². The van der Waals surface area contributed by atoms with Gasteiger partial charge in [-0.25, -0.2) is 4.98 Å². The SMILES string of the molecule is CC1(C)c2ccccc2-c2c1ccc1c3cccc4c3n(c21)c1nc2ccccc2n41. The monoisotopic (exact) mass is 397 g/mol. The van der Waals surface area contributed by atoms with E-state index in [1.165, 1.54) is 49.6 Å². The van der Waals surface area contributed by atoms with Crippen LogP contribution in [0.15, 0.2) is 78.9 Å². The van der Waals surface area contributed by atoms with E-state index in [9.17, 15) is 0 Å². The van der Waals surface area contributed by atoms with Crippen molar-refractivity contribution in [3.8, 4) is 11.1 Å². The van der Waals surface area contributed by atoms with Gasteiger partial charge in [-0.3, -0.25) is 8.80 Å². The van der Waals surface area contributed by atoms with Crippen LogP contribution in [0.4, 0.5) is 0 Å². The lowest BCUT2D eigenvalue weighted by atomic mass is 9.82. The van der Waals surface area contributed by atoms with E-state index in [-0.39, 0.29) is 5.41 Å². The van der Waals surface area contributed by atoms with E-state index in [1.807, 2.05) is 0 Å². The van der Waals surface area contributed by atoms with Crippen LogP contribution in [0.5, 0.6) is 0 Å². The summed E-state index contributed by atoms with van der Waals surface area (Å²) in [6.07, 6.45) is 0. The highest BCUT2D eigenvalue weighted by atomic mass is 15.2. The number of hydrogen-bond acceptors (Lipinski definition) is 1. The summed E-state index contributed by atoms with van der Waals surface area (Å²) in [5.74, 6) is 0.998. The van der Waals surface area contributed by atoms with Gasteiger partial charge in [0.2, 0.25) is 5.78 Å². The molecule has 0 N–H and O–H groups in total. The summed E-state index contributed by atoms with van der Waals surface area (Å²) in [6.45, 7) is 4.69. The van der Waals surface area contributed by atoms with E-state index in [1.54, 1.807) is 0 Å². The molecule has 3 aromatic heterocycles. The van der Waals surface area contributed by atoms with Gasteiger partial charge < -0.3 is 0 Å². The zero-order valence-electron chi connectivity index (χ0n) is 17.3. The molecule has 0 radical (unpaired) electrons. The molecule has 0 saturated carbocycles. The molecule has 3 heteroatoms. The molecule has 0 fully saturated rings. The standard InChI is InChI=1S/C28H19N3/c1-28(2)19-10-4-3-8-18(19)24-20(28)15-14-17-16-9-7-13-23-25(16)31(26(17)24)27-29-21-11-5-6-12-22(21)30(23)27/h3-15H,1-2H3. The fourth-order valence-corrected chi connectivity index (χ4v) is 6.10. The Morgan fingerprint density at radius 3 is 2.35 bits per heavy atom. The Balaban J connectivity index is 1.73. The van der Waals surface area contributed by atoms with Crippen LogP contribution in [-0.4, -0.2) is 13.8 Å². The molecule has 4 aromatic carbocycles. The lowest BCUT2D eigenvalue weighted by Crippen LogP contribution is -2.14. The second kappa shape index (κ2) is 4.89. The third kappa shape index (κ3) is 1.62. The Bertz CT molecular complexity index is 1860. The Morgan fingerprint density at radius 2 is 1.42 bits per heavy atom. The van der Waals surface area contributed by atoms with Gasteiger partial charge in [-0.2, -0.15) is 0 Å². The summed E-state index contributed by atoms with van der Waals surface area (Å²) in [4.78, 5) is 5.10. The second-order valence-electron chi connectivity index (χ2n) is 9.30. The lowest BCUT2D eigenvalue weighted by Gasteiger charge is -2.21. The normalized spacial score (nSPS) is 15.0. The molecular formula is C28H19N3. The first-order valence-electron chi connectivity index (χ1n) is 10.8. The van der Waals surface area contributed by atoms with Gasteiger partial charge >= 0.3 is 0 Å². The van der Waals surface area contributed by atoms with Crippen LogP contribution in [0.2, 0.25) is 0 Å². The number of benzene rings is 4. The maximum absolute atomic E-state index is 5.10. The Morgan fingerprint density at radius 1 is 0.645 bits per heavy atom. The zero-order valence-corrected chi connectivity index (χ0v) is 17.3. The van der Waals surface area contributed by atoms with Gasteiger partial charge in [-0.1, -0.05) is 74.5 Å². The molecule has 0 atom stereocenters. The summed E-state index contributed by atoms with van der Waals surface area (Å²) in [6, 6.07) is 28.7. The van der Waals surface area contributed by atoms with Gasteiger partial charge in [0.25, 0.3) is 0 Å². The van der Waals surface area contributed by atoms with Crippen LogP contribution in [0.25, 0.3) is 55.3 Å². The quantitative estimate of drug-likeness (QED) is 0.276. The molecular weight excluding hydrogens is 378 g/mol. The summed E-state index contributed by atoms with van der Waals surface area (Å²) < 4.78 is 4.74. The molecule has 1 aliphatic carbocycles. The maximum Gasteiger partial charge on any atom is 0.220 e. The minimum atomic E-state index is -0.0155. The third-order valence-corrected chi connectivity index (χ3v) is 7.46. The molecule has 3 nitrogen and oxygen atoms in total. The second-order valence-corrected chi connectivity index (χ2v) is 9.30. The Labute approximate surface area is 178 Å². The molecule has 31 heavy (non-hydrogen) atoms. The minimum Gasteiger partial charge on any atom is -0.276 e. The van der Waals surface area contributed by atoms with Gasteiger partial charge in [0.15, 0.2) is 0 Å². The van der Waals surface area contributed by atoms with Crippen LogP contribution >= 0.6 is 0 Å². The van der Waals surface area contributed by atoms with Crippen molar-refractivity contribution < 1.29 is 0 Å². The number of rotatable bonds is 0.